The second kappa shape index (κ2) is 6.23. The topological polar surface area (TPSA) is 109 Å². The highest BCUT2D eigenvalue weighted by molar-refractivity contribution is 6.13. The van der Waals surface area contributed by atoms with Gasteiger partial charge in [0.2, 0.25) is 0 Å². The molecule has 23 heavy (non-hydrogen) atoms. The Morgan fingerprint density at radius 2 is 1.39 bits per heavy atom. The third-order valence-corrected chi connectivity index (χ3v) is 3.56. The number of hydrogen-bond donors (Lipinski definition) is 2. The van der Waals surface area contributed by atoms with Crippen molar-refractivity contribution in [2.24, 2.45) is 0 Å². The average molecular weight is 312 g/mol. The van der Waals surface area contributed by atoms with Gasteiger partial charge in [0, 0.05) is 16.7 Å². The van der Waals surface area contributed by atoms with Crippen molar-refractivity contribution in [2.45, 2.75) is 6.92 Å². The van der Waals surface area contributed by atoms with Crippen molar-refractivity contribution in [3.63, 3.8) is 0 Å². The van der Waals surface area contributed by atoms with Gasteiger partial charge in [-0.15, -0.1) is 0 Å². The van der Waals surface area contributed by atoms with Crippen LogP contribution < -0.4 is 0 Å². The summed E-state index contributed by atoms with van der Waals surface area (Å²) in [6, 6.07) is 8.18. The molecule has 0 aliphatic carbocycles. The summed E-state index contributed by atoms with van der Waals surface area (Å²) >= 11 is 0. The molecule has 0 atom stereocenters. The van der Waals surface area contributed by atoms with E-state index in [1.807, 2.05) is 0 Å². The third-order valence-electron chi connectivity index (χ3n) is 3.56. The first kappa shape index (κ1) is 16.1. The van der Waals surface area contributed by atoms with Gasteiger partial charge >= 0.3 is 11.9 Å². The fourth-order valence-electron chi connectivity index (χ4n) is 2.59. The summed E-state index contributed by atoms with van der Waals surface area (Å²) < 4.78 is 0. The van der Waals surface area contributed by atoms with Crippen molar-refractivity contribution in [1.29, 1.82) is 0 Å². The van der Waals surface area contributed by atoms with E-state index in [0.29, 0.717) is 11.8 Å². The molecule has 6 heteroatoms. The van der Waals surface area contributed by atoms with E-state index in [9.17, 15) is 29.4 Å². The zero-order valence-corrected chi connectivity index (χ0v) is 12.1. The summed E-state index contributed by atoms with van der Waals surface area (Å²) in [7, 11) is 0. The number of rotatable bonds is 5. The highest BCUT2D eigenvalue weighted by atomic mass is 16.4. The number of carboxylic acid groups (broad SMARTS) is 2. The second-order valence-corrected chi connectivity index (χ2v) is 4.79. The van der Waals surface area contributed by atoms with Gasteiger partial charge in [-0.05, 0) is 18.1 Å². The summed E-state index contributed by atoms with van der Waals surface area (Å²) in [6.07, 6.45) is 0.603. The molecule has 2 rings (SSSR count). The van der Waals surface area contributed by atoms with Gasteiger partial charge in [-0.3, -0.25) is 9.59 Å². The fraction of sp³-hybridized carbons (Fsp3) is 0.0588. The highest BCUT2D eigenvalue weighted by Crippen LogP contribution is 2.34. The van der Waals surface area contributed by atoms with Crippen molar-refractivity contribution in [2.75, 3.05) is 0 Å². The van der Waals surface area contributed by atoms with Crippen LogP contribution in [0.2, 0.25) is 0 Å². The van der Waals surface area contributed by atoms with Crippen LogP contribution in [0.3, 0.4) is 0 Å². The number of carbonyl (C=O) groups is 4. The third kappa shape index (κ3) is 2.62. The molecule has 0 amide bonds. The van der Waals surface area contributed by atoms with Crippen LogP contribution in [0.5, 0.6) is 0 Å². The molecule has 0 saturated carbocycles. The monoisotopic (exact) mass is 312 g/mol. The van der Waals surface area contributed by atoms with Crippen molar-refractivity contribution in [1.82, 2.24) is 0 Å². The first-order chi connectivity index (χ1) is 10.9. The zero-order chi connectivity index (χ0) is 17.1. The molecule has 2 N–H and O–H groups in total. The molecular weight excluding hydrogens is 300 g/mol. The van der Waals surface area contributed by atoms with E-state index < -0.39 is 28.6 Å². The molecule has 2 aromatic carbocycles. The van der Waals surface area contributed by atoms with Gasteiger partial charge in [0.1, 0.15) is 0 Å². The smallest absolute Gasteiger partial charge is 0.337 e. The molecule has 0 fully saturated rings. The summed E-state index contributed by atoms with van der Waals surface area (Å²) in [4.78, 5) is 46.0. The van der Waals surface area contributed by atoms with Gasteiger partial charge in [0.25, 0.3) is 0 Å². The summed E-state index contributed by atoms with van der Waals surface area (Å²) in [6.45, 7) is 1.37. The molecule has 0 unspecified atom stereocenters. The van der Waals surface area contributed by atoms with Gasteiger partial charge < -0.3 is 10.2 Å². The molecule has 0 saturated heterocycles. The van der Waals surface area contributed by atoms with Crippen LogP contribution in [0.1, 0.15) is 47.0 Å². The van der Waals surface area contributed by atoms with Crippen LogP contribution >= 0.6 is 0 Å². The number of carbonyl (C=O) groups excluding carboxylic acids is 2. The number of carboxylic acids is 2. The van der Waals surface area contributed by atoms with E-state index in [-0.39, 0.29) is 23.0 Å². The lowest BCUT2D eigenvalue weighted by atomic mass is 9.84. The standard InChI is InChI=1S/C17H12O6/c1-9-11(7-18)14(10-5-3-2-4-6-10)15(17(22)23)12(8-19)13(9)16(20)21/h2-8H,1H3,(H,20,21)(H,22,23). The van der Waals surface area contributed by atoms with Crippen molar-refractivity contribution < 1.29 is 29.4 Å². The minimum absolute atomic E-state index is 0.0395. The van der Waals surface area contributed by atoms with E-state index in [0.717, 1.165) is 0 Å². The molecule has 2 aromatic rings. The minimum Gasteiger partial charge on any atom is -0.478 e. The largest absolute Gasteiger partial charge is 0.478 e. The number of aromatic carboxylic acids is 2. The van der Waals surface area contributed by atoms with Crippen LogP contribution in [0.15, 0.2) is 30.3 Å². The predicted octanol–water partition coefficient (Wildman–Crippen LogP) is 2.68. The lowest BCUT2D eigenvalue weighted by Gasteiger charge is -2.17. The van der Waals surface area contributed by atoms with Gasteiger partial charge in [-0.1, -0.05) is 30.3 Å². The first-order valence-electron chi connectivity index (χ1n) is 6.56. The fourth-order valence-corrected chi connectivity index (χ4v) is 2.59. The molecule has 116 valence electrons. The van der Waals surface area contributed by atoms with Crippen molar-refractivity contribution in [3.05, 3.63) is 58.1 Å². The summed E-state index contributed by atoms with van der Waals surface area (Å²) in [5, 5.41) is 18.8. The Morgan fingerprint density at radius 1 is 0.870 bits per heavy atom. The average Bonchev–Trinajstić information content (AvgIpc) is 2.53. The predicted molar refractivity (Wildman–Crippen MR) is 81.3 cm³/mol. The molecule has 6 nitrogen and oxygen atoms in total. The Bertz CT molecular complexity index is 821. The molecule has 0 spiro atoms. The van der Waals surface area contributed by atoms with Crippen LogP contribution in [0.4, 0.5) is 0 Å². The quantitative estimate of drug-likeness (QED) is 0.822. The van der Waals surface area contributed by atoms with Crippen molar-refractivity contribution in [3.8, 4) is 11.1 Å². The SMILES string of the molecule is Cc1c(C=O)c(-c2ccccc2)c(C(=O)O)c(C=O)c1C(=O)O. The van der Waals surface area contributed by atoms with Gasteiger partial charge in [-0.25, -0.2) is 9.59 Å². The first-order valence-corrected chi connectivity index (χ1v) is 6.56. The molecule has 0 aliphatic rings. The maximum Gasteiger partial charge on any atom is 0.337 e. The lowest BCUT2D eigenvalue weighted by molar-refractivity contribution is 0.0692. The Kier molecular flexibility index (Phi) is 4.36. The Labute approximate surface area is 131 Å². The Morgan fingerprint density at radius 3 is 1.83 bits per heavy atom. The van der Waals surface area contributed by atoms with E-state index in [2.05, 4.69) is 0 Å². The number of hydrogen-bond acceptors (Lipinski definition) is 4. The molecule has 0 radical (unpaired) electrons. The van der Waals surface area contributed by atoms with E-state index >= 15 is 0 Å². The number of benzene rings is 2. The molecule has 0 heterocycles. The molecule has 0 aromatic heterocycles. The maximum atomic E-state index is 11.7. The summed E-state index contributed by atoms with van der Waals surface area (Å²) in [5.74, 6) is -2.94. The van der Waals surface area contributed by atoms with E-state index in [4.69, 9.17) is 0 Å². The van der Waals surface area contributed by atoms with E-state index in [1.54, 1.807) is 30.3 Å². The van der Waals surface area contributed by atoms with Crippen LogP contribution in [0, 0.1) is 6.92 Å². The molecular formula is C17H12O6. The van der Waals surface area contributed by atoms with Gasteiger partial charge in [-0.2, -0.15) is 0 Å². The second-order valence-electron chi connectivity index (χ2n) is 4.79. The molecule has 0 aliphatic heterocycles. The van der Waals surface area contributed by atoms with Crippen LogP contribution in [-0.4, -0.2) is 34.7 Å². The van der Waals surface area contributed by atoms with Gasteiger partial charge in [0.05, 0.1) is 11.1 Å². The zero-order valence-electron chi connectivity index (χ0n) is 12.1. The van der Waals surface area contributed by atoms with Crippen LogP contribution in [0.25, 0.3) is 11.1 Å². The van der Waals surface area contributed by atoms with Gasteiger partial charge in [0.15, 0.2) is 12.6 Å². The summed E-state index contributed by atoms with van der Waals surface area (Å²) in [5.41, 5.74) is -0.967. The highest BCUT2D eigenvalue weighted by Gasteiger charge is 2.28. The Balaban J connectivity index is 3.10. The minimum atomic E-state index is -1.48. The number of aldehydes is 2. The normalized spacial score (nSPS) is 10.1. The maximum absolute atomic E-state index is 11.7. The van der Waals surface area contributed by atoms with Crippen molar-refractivity contribution >= 4 is 24.5 Å². The molecule has 0 bridgehead atoms. The van der Waals surface area contributed by atoms with Crippen LogP contribution in [-0.2, 0) is 0 Å². The Hall–Kier alpha value is -3.28. The lowest BCUT2D eigenvalue weighted by Crippen LogP contribution is -2.16. The van der Waals surface area contributed by atoms with E-state index in [1.165, 1.54) is 6.92 Å².